The van der Waals surface area contributed by atoms with Crippen molar-refractivity contribution < 1.29 is 68.1 Å². The van der Waals surface area contributed by atoms with Gasteiger partial charge in [-0.15, -0.1) is 0 Å². The van der Waals surface area contributed by atoms with Crippen LogP contribution in [-0.2, 0) is 38.1 Å². The number of ketones is 1. The predicted octanol–water partition coefficient (Wildman–Crippen LogP) is 3.69. The van der Waals surface area contributed by atoms with Crippen molar-refractivity contribution in [3.63, 3.8) is 0 Å². The summed E-state index contributed by atoms with van der Waals surface area (Å²) in [5, 5.41) is 55.1. The van der Waals surface area contributed by atoms with Gasteiger partial charge in [-0.25, -0.2) is 14.4 Å². The third-order valence-electron chi connectivity index (χ3n) is 13.1. The molecule has 3 aliphatic carbocycles. The van der Waals surface area contributed by atoms with Gasteiger partial charge in [-0.05, 0) is 82.5 Å². The minimum atomic E-state index is -2.36. The summed E-state index contributed by atoms with van der Waals surface area (Å²) in [6, 6.07) is 13.1. The van der Waals surface area contributed by atoms with E-state index in [0.717, 1.165) is 12.6 Å². The Labute approximate surface area is 354 Å². The molecule has 2 bridgehead atoms. The number of anilines is 1. The Bertz CT molecular complexity index is 2060. The number of alkyl carbamates (subject to hydrolysis) is 1. The average molecular weight is 851 g/mol. The maximum atomic E-state index is 15.0. The fourth-order valence-electron chi connectivity index (χ4n) is 9.91. The Morgan fingerprint density at radius 3 is 2.18 bits per heavy atom. The Morgan fingerprint density at radius 1 is 0.984 bits per heavy atom. The Kier molecular flexibility index (Phi) is 12.3. The molecule has 3 fully saturated rings. The summed E-state index contributed by atoms with van der Waals surface area (Å²) < 4.78 is 29.7. The van der Waals surface area contributed by atoms with Crippen molar-refractivity contribution in [2.24, 2.45) is 16.7 Å². The summed E-state index contributed by atoms with van der Waals surface area (Å²) in [6.45, 7) is 14.3. The molecule has 61 heavy (non-hydrogen) atoms. The number of aliphatic hydroxyl groups is 4. The standard InChI is InChI=1S/C45H58N2O14/c1-10-46-27-18-16-25(17-19-27)32(47-40(55)61-41(4,5)6)34(51)39(54)58-28-21-45(56)37(59-38(53)26-14-12-11-13-15-26)35-43(9,36(52)33(50)31(23(28)2)42(45,7)8)29(49)20-30-44(35,22-57-30)60-24(3)48/h11-19,28-30,32-35,37,46,49-51,56H,10,20-22H2,1-9H3,(H,47,55)/t28-,29-,30+,32?,33+,34+,35-,37-,43+,44-,45+/m0/s1. The number of carbonyl (C=O) groups is 5. The zero-order chi connectivity index (χ0) is 45.0. The molecule has 16 nitrogen and oxygen atoms in total. The normalized spacial score (nSPS) is 32.6. The fourth-order valence-corrected chi connectivity index (χ4v) is 9.91. The fraction of sp³-hybridized carbons (Fsp3) is 0.578. The highest BCUT2D eigenvalue weighted by Gasteiger charge is 2.78. The quantitative estimate of drug-likeness (QED) is 0.114. The van der Waals surface area contributed by atoms with Crippen LogP contribution in [0.1, 0.15) is 97.1 Å². The Morgan fingerprint density at radius 2 is 1.62 bits per heavy atom. The molecular formula is C45H58N2O14. The lowest BCUT2D eigenvalue weighted by Crippen LogP contribution is -2.81. The van der Waals surface area contributed by atoms with Gasteiger partial charge in [-0.3, -0.25) is 9.59 Å². The molecule has 11 atom stereocenters. The van der Waals surface area contributed by atoms with Crippen molar-refractivity contribution >= 4 is 35.5 Å². The van der Waals surface area contributed by atoms with Crippen LogP contribution >= 0.6 is 0 Å². The first kappa shape index (κ1) is 45.7. The van der Waals surface area contributed by atoms with Gasteiger partial charge in [0.2, 0.25) is 0 Å². The zero-order valence-corrected chi connectivity index (χ0v) is 36.0. The SMILES string of the molecule is CCNc1ccc(C(NC(=O)OC(C)(C)C)[C@@H](O)C(=O)O[C@H]2C[C@@]3(O)[C@@H](OC(=O)c4ccccc4)[C@@H]4[C@]5(OC(C)=O)CO[C@@H]5C[C@H](O)[C@@]4(C)C(=O)[C@H](O)C(=C2C)C3(C)C)cc1. The molecule has 332 valence electrons. The van der Waals surface area contributed by atoms with Gasteiger partial charge >= 0.3 is 24.0 Å². The number of esters is 3. The maximum absolute atomic E-state index is 15.0. The van der Waals surface area contributed by atoms with Gasteiger partial charge in [0, 0.05) is 37.4 Å². The minimum absolute atomic E-state index is 0.0675. The van der Waals surface area contributed by atoms with E-state index in [2.05, 4.69) is 10.6 Å². The third kappa shape index (κ3) is 7.93. The molecule has 6 N–H and O–H groups in total. The summed E-state index contributed by atoms with van der Waals surface area (Å²) in [6.07, 6.45) is -11.6. The van der Waals surface area contributed by atoms with Crippen LogP contribution in [0.3, 0.4) is 0 Å². The summed E-state index contributed by atoms with van der Waals surface area (Å²) >= 11 is 0. The first-order chi connectivity index (χ1) is 28.4. The molecule has 0 aromatic heterocycles. The van der Waals surface area contributed by atoms with Crippen molar-refractivity contribution in [2.75, 3.05) is 18.5 Å². The van der Waals surface area contributed by atoms with Crippen LogP contribution in [0, 0.1) is 16.7 Å². The van der Waals surface area contributed by atoms with Crippen molar-refractivity contribution in [1.82, 2.24) is 5.32 Å². The second-order valence-electron chi connectivity index (χ2n) is 18.3. The van der Waals surface area contributed by atoms with Gasteiger partial charge in [0.05, 0.1) is 35.6 Å². The van der Waals surface area contributed by atoms with Gasteiger partial charge in [0.15, 0.2) is 17.5 Å². The molecule has 1 amide bonds. The van der Waals surface area contributed by atoms with Crippen LogP contribution in [0.5, 0.6) is 0 Å². The van der Waals surface area contributed by atoms with E-state index >= 15 is 4.79 Å². The molecule has 4 aliphatic rings. The van der Waals surface area contributed by atoms with Gasteiger partial charge in [-0.1, -0.05) is 44.2 Å². The van der Waals surface area contributed by atoms with Crippen LogP contribution in [0.4, 0.5) is 10.5 Å². The number of fused-ring (bicyclic) bond motifs is 5. The molecule has 6 rings (SSSR count). The number of ether oxygens (including phenoxy) is 5. The summed E-state index contributed by atoms with van der Waals surface area (Å²) in [4.78, 5) is 69.4. The van der Waals surface area contributed by atoms with Crippen molar-refractivity contribution in [3.05, 3.63) is 76.9 Å². The van der Waals surface area contributed by atoms with E-state index in [0.29, 0.717) is 12.1 Å². The number of amides is 1. The van der Waals surface area contributed by atoms with Crippen molar-refractivity contribution in [2.45, 2.75) is 135 Å². The molecule has 1 heterocycles. The first-order valence-corrected chi connectivity index (χ1v) is 20.6. The molecular weight excluding hydrogens is 792 g/mol. The van der Waals surface area contributed by atoms with E-state index in [1.807, 2.05) is 6.92 Å². The van der Waals surface area contributed by atoms with Crippen molar-refractivity contribution in [3.8, 4) is 0 Å². The lowest BCUT2D eigenvalue weighted by molar-refractivity contribution is -0.346. The van der Waals surface area contributed by atoms with Crippen LogP contribution in [0.2, 0.25) is 0 Å². The topological polar surface area (TPSA) is 236 Å². The highest BCUT2D eigenvalue weighted by molar-refractivity contribution is 5.94. The van der Waals surface area contributed by atoms with Crippen LogP contribution in [0.25, 0.3) is 0 Å². The molecule has 0 radical (unpaired) electrons. The van der Waals surface area contributed by atoms with E-state index < -0.39 is 112 Å². The third-order valence-corrected chi connectivity index (χ3v) is 13.1. The van der Waals surface area contributed by atoms with Crippen LogP contribution in [0.15, 0.2) is 65.7 Å². The minimum Gasteiger partial charge on any atom is -0.456 e. The average Bonchev–Trinajstić information content (AvgIpc) is 3.18. The Hall–Kier alpha value is -4.87. The molecule has 1 aliphatic heterocycles. The number of Topliss-reactive ketones (excluding diaryl/α,β-unsaturated/α-hetero) is 1. The number of carbonyl (C=O) groups excluding carboxylic acids is 5. The van der Waals surface area contributed by atoms with Gasteiger partial charge in [0.25, 0.3) is 0 Å². The number of hydrogen-bond donors (Lipinski definition) is 6. The van der Waals surface area contributed by atoms with Crippen LogP contribution in [-0.4, -0.2) is 117 Å². The number of hydrogen-bond acceptors (Lipinski definition) is 15. The van der Waals surface area contributed by atoms with E-state index in [4.69, 9.17) is 23.7 Å². The molecule has 1 saturated heterocycles. The van der Waals surface area contributed by atoms with Gasteiger partial charge in [-0.2, -0.15) is 0 Å². The largest absolute Gasteiger partial charge is 0.456 e. The smallest absolute Gasteiger partial charge is 0.408 e. The first-order valence-electron chi connectivity index (χ1n) is 20.6. The zero-order valence-electron chi connectivity index (χ0n) is 36.0. The number of benzene rings is 2. The summed E-state index contributed by atoms with van der Waals surface area (Å²) in [7, 11) is 0. The maximum Gasteiger partial charge on any atom is 0.408 e. The predicted molar refractivity (Wildman–Crippen MR) is 218 cm³/mol. The highest BCUT2D eigenvalue weighted by atomic mass is 16.6. The number of aliphatic hydroxyl groups excluding tert-OH is 3. The Balaban J connectivity index is 1.47. The summed E-state index contributed by atoms with van der Waals surface area (Å²) in [5.41, 5.74) is -7.47. The molecule has 16 heteroatoms. The second kappa shape index (κ2) is 16.4. The summed E-state index contributed by atoms with van der Waals surface area (Å²) in [5.74, 6) is -5.39. The monoisotopic (exact) mass is 850 g/mol. The van der Waals surface area contributed by atoms with Crippen molar-refractivity contribution in [1.29, 1.82) is 0 Å². The molecule has 2 saturated carbocycles. The molecule has 2 aromatic rings. The van der Waals surface area contributed by atoms with E-state index in [1.165, 1.54) is 26.0 Å². The lowest BCUT2D eigenvalue weighted by Gasteiger charge is -2.67. The second-order valence-corrected chi connectivity index (χ2v) is 18.3. The lowest BCUT2D eigenvalue weighted by atomic mass is 9.44. The van der Waals surface area contributed by atoms with Crippen LogP contribution < -0.4 is 10.6 Å². The molecule has 1 unspecified atom stereocenters. The number of nitrogens with one attached hydrogen (secondary N) is 2. The van der Waals surface area contributed by atoms with Gasteiger partial charge in [0.1, 0.15) is 35.6 Å². The highest BCUT2D eigenvalue weighted by Crippen LogP contribution is 2.64. The molecule has 2 aromatic carbocycles. The van der Waals surface area contributed by atoms with Gasteiger partial charge < -0.3 is 54.7 Å². The molecule has 0 spiro atoms. The van der Waals surface area contributed by atoms with E-state index in [-0.39, 0.29) is 29.7 Å². The number of rotatable bonds is 10. The van der Waals surface area contributed by atoms with E-state index in [1.54, 1.807) is 77.1 Å². The van der Waals surface area contributed by atoms with E-state index in [9.17, 15) is 39.6 Å².